The second kappa shape index (κ2) is 4.87. The molecular weight excluding hydrogens is 195 g/mol. The Morgan fingerprint density at radius 2 is 2.13 bits per heavy atom. The molecule has 4 heteroatoms. The summed E-state index contributed by atoms with van der Waals surface area (Å²) in [5.74, 6) is -0.519. The van der Waals surface area contributed by atoms with E-state index in [9.17, 15) is 9.50 Å². The molecule has 0 saturated carbocycles. The number of nitrogens with one attached hydrogen (secondary N) is 1. The highest BCUT2D eigenvalue weighted by Crippen LogP contribution is 2.17. The highest BCUT2D eigenvalue weighted by molar-refractivity contribution is 5.34. The first-order valence-electron chi connectivity index (χ1n) is 4.68. The summed E-state index contributed by atoms with van der Waals surface area (Å²) < 4.78 is 13.3. The van der Waals surface area contributed by atoms with Crippen LogP contribution >= 0.6 is 0 Å². The van der Waals surface area contributed by atoms with Crippen molar-refractivity contribution < 1.29 is 9.50 Å². The number of nitrogens with zero attached hydrogens (tertiary/aromatic N) is 1. The molecule has 0 bridgehead atoms. The van der Waals surface area contributed by atoms with E-state index in [4.69, 9.17) is 5.26 Å². The third kappa shape index (κ3) is 3.01. The molecule has 1 aromatic rings. The Labute approximate surface area is 88.2 Å². The maximum atomic E-state index is 13.3. The molecule has 1 unspecified atom stereocenters. The van der Waals surface area contributed by atoms with Gasteiger partial charge in [-0.15, -0.1) is 0 Å². The number of halogens is 1. The number of rotatable bonds is 3. The summed E-state index contributed by atoms with van der Waals surface area (Å²) in [5.41, 5.74) is 0.429. The molecule has 0 aliphatic heterocycles. The lowest BCUT2D eigenvalue weighted by molar-refractivity contribution is 0.125. The van der Waals surface area contributed by atoms with Crippen LogP contribution in [0.15, 0.2) is 18.2 Å². The fourth-order valence-electron chi connectivity index (χ4n) is 1.23. The van der Waals surface area contributed by atoms with Gasteiger partial charge in [-0.2, -0.15) is 5.26 Å². The van der Waals surface area contributed by atoms with Crippen LogP contribution in [-0.2, 0) is 0 Å². The first-order valence-corrected chi connectivity index (χ1v) is 4.68. The van der Waals surface area contributed by atoms with E-state index < -0.39 is 12.0 Å². The van der Waals surface area contributed by atoms with E-state index in [0.29, 0.717) is 5.56 Å². The molecule has 0 aliphatic rings. The van der Waals surface area contributed by atoms with Gasteiger partial charge in [0, 0.05) is 11.6 Å². The van der Waals surface area contributed by atoms with Gasteiger partial charge in [-0.05, 0) is 32.0 Å². The lowest BCUT2D eigenvalue weighted by atomic mass is 10.1. The van der Waals surface area contributed by atoms with Crippen LogP contribution in [0.1, 0.15) is 31.2 Å². The number of hydrogen-bond donors (Lipinski definition) is 2. The molecule has 0 amide bonds. The van der Waals surface area contributed by atoms with Crippen LogP contribution in [-0.4, -0.2) is 11.1 Å². The zero-order valence-electron chi connectivity index (χ0n) is 8.66. The Balaban J connectivity index is 2.97. The number of aliphatic hydroxyl groups excluding tert-OH is 1. The maximum Gasteiger partial charge on any atom is 0.134 e. The Bertz CT molecular complexity index is 385. The minimum atomic E-state index is -1.08. The summed E-state index contributed by atoms with van der Waals surface area (Å²) in [5, 5.41) is 21.0. The Morgan fingerprint density at radius 1 is 1.47 bits per heavy atom. The third-order valence-corrected chi connectivity index (χ3v) is 1.91. The molecule has 0 aromatic heterocycles. The van der Waals surface area contributed by atoms with Crippen molar-refractivity contribution in [3.05, 3.63) is 35.1 Å². The van der Waals surface area contributed by atoms with Crippen LogP contribution in [0.2, 0.25) is 0 Å². The quantitative estimate of drug-likeness (QED) is 0.743. The first-order chi connectivity index (χ1) is 7.04. The number of nitriles is 1. The maximum absolute atomic E-state index is 13.3. The molecule has 0 saturated heterocycles. The molecule has 0 fully saturated rings. The van der Waals surface area contributed by atoms with Crippen LogP contribution in [0, 0.1) is 17.1 Å². The molecule has 3 nitrogen and oxygen atoms in total. The van der Waals surface area contributed by atoms with Gasteiger partial charge in [-0.3, -0.25) is 5.32 Å². The Kier molecular flexibility index (Phi) is 3.78. The lowest BCUT2D eigenvalue weighted by Gasteiger charge is -2.16. The molecule has 1 rings (SSSR count). The van der Waals surface area contributed by atoms with Crippen LogP contribution in [0.5, 0.6) is 0 Å². The topological polar surface area (TPSA) is 56.0 Å². The van der Waals surface area contributed by atoms with E-state index in [2.05, 4.69) is 5.32 Å². The number of benzene rings is 1. The Hall–Kier alpha value is -1.44. The van der Waals surface area contributed by atoms with E-state index >= 15 is 0 Å². The summed E-state index contributed by atoms with van der Waals surface area (Å²) in [7, 11) is 0. The van der Waals surface area contributed by atoms with Gasteiger partial charge in [0.2, 0.25) is 0 Å². The van der Waals surface area contributed by atoms with Crippen LogP contribution < -0.4 is 5.32 Å². The standard InChI is InChI=1S/C11H13FN2O/c1-7(2)14-11(15)9-5-8(6-13)3-4-10(9)12/h3-5,7,11,14-15H,1-2H3. The van der Waals surface area contributed by atoms with Crippen LogP contribution in [0.3, 0.4) is 0 Å². The molecule has 1 aromatic carbocycles. The largest absolute Gasteiger partial charge is 0.374 e. The van der Waals surface area contributed by atoms with Crippen molar-refractivity contribution in [2.75, 3.05) is 0 Å². The SMILES string of the molecule is CC(C)NC(O)c1cc(C#N)ccc1F. The van der Waals surface area contributed by atoms with Gasteiger partial charge in [0.1, 0.15) is 12.0 Å². The molecule has 0 heterocycles. The average molecular weight is 208 g/mol. The zero-order valence-corrected chi connectivity index (χ0v) is 8.66. The van der Waals surface area contributed by atoms with E-state index in [1.807, 2.05) is 19.9 Å². The van der Waals surface area contributed by atoms with Crippen molar-refractivity contribution in [3.8, 4) is 6.07 Å². The number of aliphatic hydroxyl groups is 1. The highest BCUT2D eigenvalue weighted by Gasteiger charge is 2.13. The summed E-state index contributed by atoms with van der Waals surface area (Å²) in [6.45, 7) is 3.69. The molecule has 0 radical (unpaired) electrons. The first kappa shape index (κ1) is 11.6. The van der Waals surface area contributed by atoms with Crippen molar-refractivity contribution >= 4 is 0 Å². The predicted octanol–water partition coefficient (Wildman–Crippen LogP) is 1.69. The minimum absolute atomic E-state index is 0.0325. The second-order valence-corrected chi connectivity index (χ2v) is 3.57. The minimum Gasteiger partial charge on any atom is -0.374 e. The van der Waals surface area contributed by atoms with Crippen LogP contribution in [0.4, 0.5) is 4.39 Å². The van der Waals surface area contributed by atoms with E-state index in [0.717, 1.165) is 0 Å². The van der Waals surface area contributed by atoms with E-state index in [1.54, 1.807) is 0 Å². The molecule has 0 aliphatic carbocycles. The normalized spacial score (nSPS) is 12.5. The van der Waals surface area contributed by atoms with Gasteiger partial charge < -0.3 is 5.11 Å². The molecule has 15 heavy (non-hydrogen) atoms. The number of hydrogen-bond acceptors (Lipinski definition) is 3. The van der Waals surface area contributed by atoms with Gasteiger partial charge in [0.25, 0.3) is 0 Å². The second-order valence-electron chi connectivity index (χ2n) is 3.57. The third-order valence-electron chi connectivity index (χ3n) is 1.91. The summed E-state index contributed by atoms with van der Waals surface area (Å²) in [4.78, 5) is 0. The van der Waals surface area contributed by atoms with Crippen molar-refractivity contribution in [1.29, 1.82) is 5.26 Å². The fraction of sp³-hybridized carbons (Fsp3) is 0.364. The molecule has 0 spiro atoms. The predicted molar refractivity (Wildman–Crippen MR) is 54.3 cm³/mol. The van der Waals surface area contributed by atoms with Crippen molar-refractivity contribution in [2.45, 2.75) is 26.1 Å². The van der Waals surface area contributed by atoms with Crippen LogP contribution in [0.25, 0.3) is 0 Å². The molecule has 2 N–H and O–H groups in total. The van der Waals surface area contributed by atoms with E-state index in [-0.39, 0.29) is 11.6 Å². The smallest absolute Gasteiger partial charge is 0.134 e. The van der Waals surface area contributed by atoms with Gasteiger partial charge in [-0.1, -0.05) is 0 Å². The van der Waals surface area contributed by atoms with Crippen molar-refractivity contribution in [3.63, 3.8) is 0 Å². The van der Waals surface area contributed by atoms with Gasteiger partial charge in [0.05, 0.1) is 11.6 Å². The fourth-order valence-corrected chi connectivity index (χ4v) is 1.23. The van der Waals surface area contributed by atoms with Gasteiger partial charge in [-0.25, -0.2) is 4.39 Å². The monoisotopic (exact) mass is 208 g/mol. The van der Waals surface area contributed by atoms with Crippen molar-refractivity contribution in [1.82, 2.24) is 5.32 Å². The zero-order chi connectivity index (χ0) is 11.4. The summed E-state index contributed by atoms with van der Waals surface area (Å²) in [6, 6.07) is 5.83. The summed E-state index contributed by atoms with van der Waals surface area (Å²) in [6.07, 6.45) is -1.08. The average Bonchev–Trinajstić information content (AvgIpc) is 2.17. The molecule has 1 atom stereocenters. The molecule has 80 valence electrons. The van der Waals surface area contributed by atoms with Crippen molar-refractivity contribution in [2.24, 2.45) is 0 Å². The summed E-state index contributed by atoms with van der Waals surface area (Å²) >= 11 is 0. The lowest BCUT2D eigenvalue weighted by Crippen LogP contribution is -2.28. The van der Waals surface area contributed by atoms with E-state index in [1.165, 1.54) is 18.2 Å². The van der Waals surface area contributed by atoms with Gasteiger partial charge >= 0.3 is 0 Å². The molecular formula is C11H13FN2O. The van der Waals surface area contributed by atoms with Gasteiger partial charge in [0.15, 0.2) is 0 Å². The Morgan fingerprint density at radius 3 is 2.67 bits per heavy atom. The highest BCUT2D eigenvalue weighted by atomic mass is 19.1.